The SMILES string of the molecule is CCCN1CCC(C#N)(NC(=O)C(CC2CCC(C(C)(C)C)CC2)Nc2nc(=O)oc3ccccc23)CC1. The van der Waals surface area contributed by atoms with Gasteiger partial charge in [0.2, 0.25) is 5.91 Å². The molecule has 1 unspecified atom stereocenters. The fourth-order valence-electron chi connectivity index (χ4n) is 6.19. The molecule has 2 heterocycles. The molecule has 38 heavy (non-hydrogen) atoms. The number of amides is 1. The molecule has 8 nitrogen and oxygen atoms in total. The molecule has 0 radical (unpaired) electrons. The summed E-state index contributed by atoms with van der Waals surface area (Å²) in [7, 11) is 0. The lowest BCUT2D eigenvalue weighted by Crippen LogP contribution is -2.57. The minimum absolute atomic E-state index is 0.201. The van der Waals surface area contributed by atoms with E-state index < -0.39 is 17.3 Å². The molecule has 1 amide bonds. The standard InChI is InChI=1S/C30H43N5O3/c1-5-16-35-17-14-30(20-31,15-18-35)34-27(36)24(19-21-10-12-22(13-11-21)29(2,3)4)32-26-23-8-6-7-9-25(23)38-28(37)33-26/h6-9,21-22,24H,5,10-19H2,1-4H3,(H,34,36)(H,32,33,37). The number of carbonyl (C=O) groups is 1. The minimum atomic E-state index is -0.879. The van der Waals surface area contributed by atoms with E-state index in [0.717, 1.165) is 51.7 Å². The lowest BCUT2D eigenvalue weighted by atomic mass is 9.69. The molecule has 1 aliphatic heterocycles. The lowest BCUT2D eigenvalue weighted by molar-refractivity contribution is -0.124. The van der Waals surface area contributed by atoms with Gasteiger partial charge in [-0.2, -0.15) is 10.2 Å². The summed E-state index contributed by atoms with van der Waals surface area (Å²) in [6, 6.07) is 9.03. The summed E-state index contributed by atoms with van der Waals surface area (Å²) in [6.07, 6.45) is 7.33. The summed E-state index contributed by atoms with van der Waals surface area (Å²) in [4.78, 5) is 32.5. The second kappa shape index (κ2) is 11.9. The van der Waals surface area contributed by atoms with Gasteiger partial charge in [-0.3, -0.25) is 4.79 Å². The Balaban J connectivity index is 1.54. The van der Waals surface area contributed by atoms with Crippen molar-refractivity contribution in [2.75, 3.05) is 25.0 Å². The highest BCUT2D eigenvalue weighted by molar-refractivity contribution is 5.91. The van der Waals surface area contributed by atoms with Gasteiger partial charge >= 0.3 is 5.76 Å². The molecular weight excluding hydrogens is 478 g/mol. The fourth-order valence-corrected chi connectivity index (χ4v) is 6.19. The maximum absolute atomic E-state index is 13.8. The van der Waals surface area contributed by atoms with Crippen molar-refractivity contribution in [3.63, 3.8) is 0 Å². The predicted octanol–water partition coefficient (Wildman–Crippen LogP) is 5.10. The molecule has 0 spiro atoms. The average Bonchev–Trinajstić information content (AvgIpc) is 2.89. The number of piperidine rings is 1. The van der Waals surface area contributed by atoms with Gasteiger partial charge in [0.15, 0.2) is 0 Å². The van der Waals surface area contributed by atoms with Crippen molar-refractivity contribution in [1.82, 2.24) is 15.2 Å². The molecule has 2 aromatic rings. The van der Waals surface area contributed by atoms with E-state index in [2.05, 4.69) is 54.3 Å². The molecule has 2 aliphatic rings. The third-order valence-electron chi connectivity index (χ3n) is 8.64. The molecular formula is C30H43N5O3. The van der Waals surface area contributed by atoms with Crippen molar-refractivity contribution in [2.45, 2.75) is 90.6 Å². The van der Waals surface area contributed by atoms with Crippen LogP contribution in [0.15, 0.2) is 33.5 Å². The van der Waals surface area contributed by atoms with Crippen LogP contribution in [0, 0.1) is 28.6 Å². The van der Waals surface area contributed by atoms with Crippen LogP contribution < -0.4 is 16.4 Å². The maximum atomic E-state index is 13.8. The summed E-state index contributed by atoms with van der Waals surface area (Å²) in [6.45, 7) is 11.7. The number of nitriles is 1. The van der Waals surface area contributed by atoms with Crippen LogP contribution >= 0.6 is 0 Å². The monoisotopic (exact) mass is 521 g/mol. The minimum Gasteiger partial charge on any atom is -0.408 e. The quantitative estimate of drug-likeness (QED) is 0.497. The molecule has 2 N–H and O–H groups in total. The Morgan fingerprint density at radius 3 is 2.53 bits per heavy atom. The fraction of sp³-hybridized carbons (Fsp3) is 0.667. The van der Waals surface area contributed by atoms with Crippen LogP contribution in [0.3, 0.4) is 0 Å². The number of fused-ring (bicyclic) bond motifs is 1. The van der Waals surface area contributed by atoms with Gasteiger partial charge in [0.1, 0.15) is 23.0 Å². The molecule has 1 saturated heterocycles. The second-order valence-corrected chi connectivity index (χ2v) is 12.4. The van der Waals surface area contributed by atoms with Crippen molar-refractivity contribution in [3.05, 3.63) is 34.8 Å². The molecule has 8 heteroatoms. The zero-order valence-electron chi connectivity index (χ0n) is 23.4. The first-order valence-electron chi connectivity index (χ1n) is 14.2. The van der Waals surface area contributed by atoms with Gasteiger partial charge in [-0.05, 0) is 74.5 Å². The summed E-state index contributed by atoms with van der Waals surface area (Å²) in [5, 5.41) is 17.2. The molecule has 1 saturated carbocycles. The lowest BCUT2D eigenvalue weighted by Gasteiger charge is -2.39. The van der Waals surface area contributed by atoms with Crippen molar-refractivity contribution in [3.8, 4) is 6.07 Å². The largest absolute Gasteiger partial charge is 0.441 e. The number of nitrogens with zero attached hydrogens (tertiary/aromatic N) is 3. The molecule has 2 fully saturated rings. The molecule has 206 valence electrons. The van der Waals surface area contributed by atoms with E-state index in [4.69, 9.17) is 4.42 Å². The van der Waals surface area contributed by atoms with Crippen molar-refractivity contribution in [1.29, 1.82) is 5.26 Å². The Bertz CT molecular complexity index is 1190. The topological polar surface area (TPSA) is 111 Å². The van der Waals surface area contributed by atoms with Crippen LogP contribution in [0.2, 0.25) is 0 Å². The first kappa shape index (κ1) is 28.1. The van der Waals surface area contributed by atoms with Crippen LogP contribution in [0.1, 0.15) is 79.1 Å². The highest BCUT2D eigenvalue weighted by Crippen LogP contribution is 2.41. The molecule has 1 aliphatic carbocycles. The molecule has 1 atom stereocenters. The van der Waals surface area contributed by atoms with E-state index in [9.17, 15) is 14.9 Å². The number of nitrogens with one attached hydrogen (secondary N) is 2. The van der Waals surface area contributed by atoms with Gasteiger partial charge in [-0.1, -0.05) is 52.7 Å². The van der Waals surface area contributed by atoms with Gasteiger partial charge in [0.25, 0.3) is 0 Å². The van der Waals surface area contributed by atoms with E-state index >= 15 is 0 Å². The van der Waals surface area contributed by atoms with Gasteiger partial charge in [-0.25, -0.2) is 4.79 Å². The summed E-state index contributed by atoms with van der Waals surface area (Å²) >= 11 is 0. The number of aromatic nitrogens is 1. The van der Waals surface area contributed by atoms with Crippen LogP contribution in [-0.4, -0.2) is 47.0 Å². The Morgan fingerprint density at radius 2 is 1.89 bits per heavy atom. The summed E-state index contributed by atoms with van der Waals surface area (Å²) in [5.41, 5.74) is -0.167. The Hall–Kier alpha value is -2.92. The van der Waals surface area contributed by atoms with Crippen LogP contribution in [0.25, 0.3) is 11.0 Å². The van der Waals surface area contributed by atoms with E-state index in [-0.39, 0.29) is 11.3 Å². The number of rotatable bonds is 8. The van der Waals surface area contributed by atoms with Gasteiger partial charge < -0.3 is 20.0 Å². The Kier molecular flexibility index (Phi) is 8.77. The van der Waals surface area contributed by atoms with E-state index in [1.54, 1.807) is 12.1 Å². The zero-order valence-corrected chi connectivity index (χ0v) is 23.4. The average molecular weight is 522 g/mol. The maximum Gasteiger partial charge on any atom is 0.441 e. The molecule has 4 rings (SSSR count). The van der Waals surface area contributed by atoms with Crippen molar-refractivity contribution in [2.24, 2.45) is 17.3 Å². The normalized spacial score (nSPS) is 22.9. The zero-order chi connectivity index (χ0) is 27.3. The Morgan fingerprint density at radius 1 is 1.21 bits per heavy atom. The van der Waals surface area contributed by atoms with Crippen LogP contribution in [0.4, 0.5) is 5.82 Å². The molecule has 1 aromatic heterocycles. The third-order valence-corrected chi connectivity index (χ3v) is 8.64. The van der Waals surface area contributed by atoms with Crippen molar-refractivity contribution >= 4 is 22.7 Å². The Labute approximate surface area is 226 Å². The number of hydrogen-bond acceptors (Lipinski definition) is 7. The number of carbonyl (C=O) groups excluding carboxylic acids is 1. The predicted molar refractivity (Wildman–Crippen MR) is 150 cm³/mol. The molecule has 1 aromatic carbocycles. The first-order valence-corrected chi connectivity index (χ1v) is 14.2. The number of para-hydroxylation sites is 1. The van der Waals surface area contributed by atoms with Crippen LogP contribution in [-0.2, 0) is 4.79 Å². The first-order chi connectivity index (χ1) is 18.1. The van der Waals surface area contributed by atoms with Crippen molar-refractivity contribution < 1.29 is 9.21 Å². The highest BCUT2D eigenvalue weighted by Gasteiger charge is 2.39. The van der Waals surface area contributed by atoms with E-state index in [1.165, 1.54) is 0 Å². The third kappa shape index (κ3) is 6.74. The number of hydrogen-bond donors (Lipinski definition) is 2. The summed E-state index contributed by atoms with van der Waals surface area (Å²) in [5.74, 6) is 0.510. The molecule has 0 bridgehead atoms. The van der Waals surface area contributed by atoms with Gasteiger partial charge in [0.05, 0.1) is 11.5 Å². The smallest absolute Gasteiger partial charge is 0.408 e. The van der Waals surface area contributed by atoms with E-state index in [0.29, 0.717) is 47.9 Å². The van der Waals surface area contributed by atoms with Gasteiger partial charge in [0, 0.05) is 13.1 Å². The summed E-state index contributed by atoms with van der Waals surface area (Å²) < 4.78 is 5.27. The second-order valence-electron chi connectivity index (χ2n) is 12.4. The van der Waals surface area contributed by atoms with Crippen LogP contribution in [0.5, 0.6) is 0 Å². The number of benzene rings is 1. The van der Waals surface area contributed by atoms with E-state index in [1.807, 2.05) is 12.1 Å². The van der Waals surface area contributed by atoms with Gasteiger partial charge in [-0.15, -0.1) is 0 Å². The number of anilines is 1. The highest BCUT2D eigenvalue weighted by atomic mass is 16.4. The number of likely N-dealkylation sites (tertiary alicyclic amines) is 1.